The topological polar surface area (TPSA) is 55.9 Å². The minimum atomic E-state index is 0.0637. The molecule has 0 aromatic heterocycles. The van der Waals surface area contributed by atoms with E-state index >= 15 is 0 Å². The third-order valence-corrected chi connectivity index (χ3v) is 3.09. The summed E-state index contributed by atoms with van der Waals surface area (Å²) < 4.78 is 0. The maximum Gasteiger partial charge on any atom is 0.236 e. The first kappa shape index (κ1) is 15.5. The van der Waals surface area contributed by atoms with Crippen LogP contribution in [0.25, 0.3) is 0 Å². The van der Waals surface area contributed by atoms with Crippen LogP contribution in [0.15, 0.2) is 0 Å². The molecule has 0 aromatic rings. The Bertz CT molecular complexity index is 354. The van der Waals surface area contributed by atoms with Crippen LogP contribution in [0.1, 0.15) is 0 Å². The van der Waals surface area contributed by atoms with Gasteiger partial charge in [-0.05, 0) is 0 Å². The van der Waals surface area contributed by atoms with Crippen LogP contribution in [0, 0.1) is 12.3 Å². The Morgan fingerprint density at radius 3 is 2.42 bits per heavy atom. The molecule has 1 heterocycles. The molecule has 6 heteroatoms. The number of terminal acetylenes is 1. The van der Waals surface area contributed by atoms with E-state index in [2.05, 4.69) is 16.1 Å². The number of carbonyl (C=O) groups excluding carboxylic acids is 2. The van der Waals surface area contributed by atoms with Gasteiger partial charge < -0.3 is 9.80 Å². The minimum Gasteiger partial charge on any atom is -0.348 e. The molecule has 0 saturated carbocycles. The highest BCUT2D eigenvalue weighted by atomic mass is 16.2. The zero-order chi connectivity index (χ0) is 14.3. The molecule has 0 aliphatic carbocycles. The Labute approximate surface area is 114 Å². The second-order valence-electron chi connectivity index (χ2n) is 4.75. The fourth-order valence-electron chi connectivity index (χ4n) is 1.84. The van der Waals surface area contributed by atoms with E-state index in [0.717, 1.165) is 13.1 Å². The number of nitrogens with one attached hydrogen (secondary N) is 1. The van der Waals surface area contributed by atoms with Gasteiger partial charge in [0.25, 0.3) is 0 Å². The second-order valence-corrected chi connectivity index (χ2v) is 4.75. The van der Waals surface area contributed by atoms with Gasteiger partial charge in [0.05, 0.1) is 19.6 Å². The van der Waals surface area contributed by atoms with E-state index in [-0.39, 0.29) is 18.4 Å². The van der Waals surface area contributed by atoms with Gasteiger partial charge in [0.1, 0.15) is 0 Å². The number of rotatable bonds is 5. The van der Waals surface area contributed by atoms with Crippen LogP contribution >= 0.6 is 0 Å². The SMILES string of the molecule is C#CCNCC(=O)N1CCN(CC(=O)N(C)C)CC1. The minimum absolute atomic E-state index is 0.0637. The molecule has 0 unspecified atom stereocenters. The van der Waals surface area contributed by atoms with Gasteiger partial charge in [-0.1, -0.05) is 5.92 Å². The number of amides is 2. The lowest BCUT2D eigenvalue weighted by Crippen LogP contribution is -2.52. The Kier molecular flexibility index (Phi) is 6.33. The predicted molar refractivity (Wildman–Crippen MR) is 73.4 cm³/mol. The van der Waals surface area contributed by atoms with Gasteiger partial charge in [-0.2, -0.15) is 0 Å². The number of hydrogen-bond acceptors (Lipinski definition) is 4. The van der Waals surface area contributed by atoms with E-state index in [1.807, 2.05) is 0 Å². The van der Waals surface area contributed by atoms with Crippen molar-refractivity contribution in [2.45, 2.75) is 0 Å². The van der Waals surface area contributed by atoms with Gasteiger partial charge in [0, 0.05) is 40.3 Å². The summed E-state index contributed by atoms with van der Waals surface area (Å²) >= 11 is 0. The molecular weight excluding hydrogens is 244 g/mol. The molecule has 106 valence electrons. The second kappa shape index (κ2) is 7.77. The summed E-state index contributed by atoms with van der Waals surface area (Å²) in [7, 11) is 3.50. The lowest BCUT2D eigenvalue weighted by molar-refractivity contribution is -0.133. The number of carbonyl (C=O) groups is 2. The summed E-state index contributed by atoms with van der Waals surface area (Å²) in [6, 6.07) is 0. The molecule has 0 spiro atoms. The molecule has 1 rings (SSSR count). The van der Waals surface area contributed by atoms with E-state index in [1.54, 1.807) is 23.9 Å². The van der Waals surface area contributed by atoms with Crippen molar-refractivity contribution >= 4 is 11.8 Å². The molecule has 6 nitrogen and oxygen atoms in total. The summed E-state index contributed by atoms with van der Waals surface area (Å²) in [6.07, 6.45) is 5.10. The van der Waals surface area contributed by atoms with Gasteiger partial charge in [-0.3, -0.25) is 19.8 Å². The Balaban J connectivity index is 2.27. The first-order valence-electron chi connectivity index (χ1n) is 6.39. The van der Waals surface area contributed by atoms with Crippen molar-refractivity contribution in [2.24, 2.45) is 0 Å². The lowest BCUT2D eigenvalue weighted by Gasteiger charge is -2.34. The van der Waals surface area contributed by atoms with Crippen LogP contribution < -0.4 is 5.32 Å². The van der Waals surface area contributed by atoms with Gasteiger partial charge in [0.2, 0.25) is 11.8 Å². The highest BCUT2D eigenvalue weighted by molar-refractivity contribution is 5.79. The third kappa shape index (κ3) is 5.28. The molecule has 2 amide bonds. The van der Waals surface area contributed by atoms with E-state index in [9.17, 15) is 9.59 Å². The van der Waals surface area contributed by atoms with Crippen LogP contribution in [0.2, 0.25) is 0 Å². The maximum atomic E-state index is 11.8. The fourth-order valence-corrected chi connectivity index (χ4v) is 1.84. The standard InChI is InChI=1S/C13H22N4O2/c1-4-5-14-10-12(18)17-8-6-16(7-9-17)11-13(19)15(2)3/h1,14H,5-11H2,2-3H3. The van der Waals surface area contributed by atoms with Crippen LogP contribution in [-0.2, 0) is 9.59 Å². The molecule has 1 aliphatic rings. The smallest absolute Gasteiger partial charge is 0.236 e. The van der Waals surface area contributed by atoms with Crippen molar-refractivity contribution in [3.8, 4) is 12.3 Å². The van der Waals surface area contributed by atoms with Crippen LogP contribution in [0.3, 0.4) is 0 Å². The normalized spacial score (nSPS) is 15.9. The molecule has 1 N–H and O–H groups in total. The molecule has 1 saturated heterocycles. The third-order valence-electron chi connectivity index (χ3n) is 3.09. The van der Waals surface area contributed by atoms with E-state index < -0.39 is 0 Å². The zero-order valence-corrected chi connectivity index (χ0v) is 11.7. The number of hydrogen-bond donors (Lipinski definition) is 1. The van der Waals surface area contributed by atoms with Crippen molar-refractivity contribution in [3.05, 3.63) is 0 Å². The van der Waals surface area contributed by atoms with Gasteiger partial charge in [-0.25, -0.2) is 0 Å². The van der Waals surface area contributed by atoms with E-state index in [1.165, 1.54) is 0 Å². The predicted octanol–water partition coefficient (Wildman–Crippen LogP) is -1.56. The molecule has 19 heavy (non-hydrogen) atoms. The Morgan fingerprint density at radius 1 is 1.26 bits per heavy atom. The average molecular weight is 266 g/mol. The Morgan fingerprint density at radius 2 is 1.89 bits per heavy atom. The van der Waals surface area contributed by atoms with Crippen LogP contribution in [-0.4, -0.2) is 86.4 Å². The van der Waals surface area contributed by atoms with Crippen molar-refractivity contribution in [3.63, 3.8) is 0 Å². The number of likely N-dealkylation sites (N-methyl/N-ethyl adjacent to an activating group) is 1. The number of nitrogens with zero attached hydrogens (tertiary/aromatic N) is 3. The van der Waals surface area contributed by atoms with Gasteiger partial charge in [-0.15, -0.1) is 6.42 Å². The van der Waals surface area contributed by atoms with Crippen LogP contribution in [0.4, 0.5) is 0 Å². The largest absolute Gasteiger partial charge is 0.348 e. The first-order chi connectivity index (χ1) is 9.04. The number of piperazine rings is 1. The summed E-state index contributed by atoms with van der Waals surface area (Å²) in [5.74, 6) is 2.59. The zero-order valence-electron chi connectivity index (χ0n) is 11.7. The van der Waals surface area contributed by atoms with Gasteiger partial charge in [0.15, 0.2) is 0 Å². The fraction of sp³-hybridized carbons (Fsp3) is 0.692. The molecule has 1 fully saturated rings. The molecular formula is C13H22N4O2. The summed E-state index contributed by atoms with van der Waals surface area (Å²) in [6.45, 7) is 3.91. The van der Waals surface area contributed by atoms with E-state index in [0.29, 0.717) is 26.2 Å². The average Bonchev–Trinajstić information content (AvgIpc) is 2.39. The maximum absolute atomic E-state index is 11.8. The summed E-state index contributed by atoms with van der Waals surface area (Å²) in [5, 5.41) is 2.89. The molecule has 0 atom stereocenters. The van der Waals surface area contributed by atoms with E-state index in [4.69, 9.17) is 6.42 Å². The molecule has 0 bridgehead atoms. The molecule has 1 aliphatic heterocycles. The Hall–Kier alpha value is -1.58. The van der Waals surface area contributed by atoms with Crippen molar-refractivity contribution in [1.82, 2.24) is 20.0 Å². The van der Waals surface area contributed by atoms with Crippen LogP contribution in [0.5, 0.6) is 0 Å². The van der Waals surface area contributed by atoms with Crippen molar-refractivity contribution in [2.75, 3.05) is 59.9 Å². The molecule has 0 radical (unpaired) electrons. The lowest BCUT2D eigenvalue weighted by atomic mass is 10.3. The highest BCUT2D eigenvalue weighted by Gasteiger charge is 2.22. The first-order valence-corrected chi connectivity index (χ1v) is 6.39. The van der Waals surface area contributed by atoms with Gasteiger partial charge >= 0.3 is 0 Å². The quantitative estimate of drug-likeness (QED) is 0.483. The highest BCUT2D eigenvalue weighted by Crippen LogP contribution is 2.02. The van der Waals surface area contributed by atoms with Crippen molar-refractivity contribution < 1.29 is 9.59 Å². The summed E-state index contributed by atoms with van der Waals surface area (Å²) in [4.78, 5) is 28.8. The summed E-state index contributed by atoms with van der Waals surface area (Å²) in [5.41, 5.74) is 0. The van der Waals surface area contributed by atoms with Crippen molar-refractivity contribution in [1.29, 1.82) is 0 Å². The molecule has 0 aromatic carbocycles. The monoisotopic (exact) mass is 266 g/mol.